The molecular formula is C15H15ClN2O3. The number of nitro groups is 1. The van der Waals surface area contributed by atoms with Gasteiger partial charge in [0, 0.05) is 29.1 Å². The maximum atomic E-state index is 12.1. The van der Waals surface area contributed by atoms with Gasteiger partial charge in [-0.15, -0.1) is 11.6 Å². The zero-order valence-corrected chi connectivity index (χ0v) is 12.7. The predicted molar refractivity (Wildman–Crippen MR) is 81.5 cm³/mol. The molecule has 0 aliphatic rings. The minimum atomic E-state index is -0.607. The molecule has 0 saturated carbocycles. The molecule has 0 aliphatic carbocycles. The van der Waals surface area contributed by atoms with Gasteiger partial charge in [0.2, 0.25) is 0 Å². The summed E-state index contributed by atoms with van der Waals surface area (Å²) in [6.07, 6.45) is 0. The van der Waals surface area contributed by atoms with Gasteiger partial charge in [-0.1, -0.05) is 6.07 Å². The highest BCUT2D eigenvalue weighted by atomic mass is 35.5. The van der Waals surface area contributed by atoms with Crippen molar-refractivity contribution in [2.75, 3.05) is 0 Å². The van der Waals surface area contributed by atoms with Crippen LogP contribution in [0.15, 0.2) is 30.3 Å². The van der Waals surface area contributed by atoms with Crippen molar-refractivity contribution < 1.29 is 9.72 Å². The smallest absolute Gasteiger partial charge is 0.271 e. The normalized spacial score (nSPS) is 12.2. The van der Waals surface area contributed by atoms with E-state index in [4.69, 9.17) is 11.6 Å². The fraction of sp³-hybridized carbons (Fsp3) is 0.267. The summed E-state index contributed by atoms with van der Waals surface area (Å²) in [6, 6.07) is 8.07. The number of alkyl halides is 1. The number of nitrogens with zero attached hydrogens (tertiary/aromatic N) is 2. The van der Waals surface area contributed by atoms with Crippen LogP contribution in [0.4, 0.5) is 5.69 Å². The van der Waals surface area contributed by atoms with E-state index in [0.29, 0.717) is 11.3 Å². The molecule has 1 aromatic heterocycles. The molecule has 1 heterocycles. The minimum Gasteiger partial charge on any atom is -0.318 e. The lowest BCUT2D eigenvalue weighted by Crippen LogP contribution is -2.11. The van der Waals surface area contributed by atoms with Crippen LogP contribution in [0.5, 0.6) is 0 Å². The average Bonchev–Trinajstić information content (AvgIpc) is 2.73. The summed E-state index contributed by atoms with van der Waals surface area (Å²) in [5, 5.41) is 10.3. The predicted octanol–water partition coefficient (Wildman–Crippen LogP) is 3.81. The van der Waals surface area contributed by atoms with E-state index in [2.05, 4.69) is 0 Å². The standard InChI is InChI=1S/C15H15ClN2O3/c1-9-7-14(15(19)10(2)16)11(3)17(9)12-5-4-6-13(8-12)18(20)21/h4-8,10H,1-3H3. The Morgan fingerprint density at radius 3 is 2.57 bits per heavy atom. The number of nitro benzene ring substituents is 1. The summed E-state index contributed by atoms with van der Waals surface area (Å²) in [6.45, 7) is 5.28. The maximum absolute atomic E-state index is 12.1. The molecule has 0 fully saturated rings. The molecule has 1 aromatic carbocycles. The summed E-state index contributed by atoms with van der Waals surface area (Å²) in [4.78, 5) is 22.5. The number of rotatable bonds is 4. The Kier molecular flexibility index (Phi) is 4.14. The highest BCUT2D eigenvalue weighted by Crippen LogP contribution is 2.25. The number of halogens is 1. The largest absolute Gasteiger partial charge is 0.318 e. The lowest BCUT2D eigenvalue weighted by molar-refractivity contribution is -0.384. The van der Waals surface area contributed by atoms with E-state index < -0.39 is 10.3 Å². The SMILES string of the molecule is Cc1cc(C(=O)C(C)Cl)c(C)n1-c1cccc([N+](=O)[O-])c1. The first-order chi connectivity index (χ1) is 9.82. The highest BCUT2D eigenvalue weighted by Gasteiger charge is 2.20. The molecule has 5 nitrogen and oxygen atoms in total. The van der Waals surface area contributed by atoms with Crippen molar-refractivity contribution in [2.45, 2.75) is 26.1 Å². The number of aromatic nitrogens is 1. The van der Waals surface area contributed by atoms with Crippen LogP contribution in [-0.4, -0.2) is 20.7 Å². The summed E-state index contributed by atoms with van der Waals surface area (Å²) >= 11 is 5.86. The molecule has 0 spiro atoms. The van der Waals surface area contributed by atoms with Crippen LogP contribution in [0.3, 0.4) is 0 Å². The van der Waals surface area contributed by atoms with Gasteiger partial charge in [0.05, 0.1) is 16.0 Å². The Labute approximate surface area is 127 Å². The number of carbonyl (C=O) groups is 1. The lowest BCUT2D eigenvalue weighted by Gasteiger charge is -2.10. The number of Topliss-reactive ketones (excluding diaryl/α,β-unsaturated/α-hetero) is 1. The molecule has 2 aromatic rings. The molecule has 0 saturated heterocycles. The van der Waals surface area contributed by atoms with Gasteiger partial charge in [0.15, 0.2) is 5.78 Å². The van der Waals surface area contributed by atoms with Gasteiger partial charge < -0.3 is 4.57 Å². The number of benzene rings is 1. The third-order valence-electron chi connectivity index (χ3n) is 3.36. The third-order valence-corrected chi connectivity index (χ3v) is 3.55. The van der Waals surface area contributed by atoms with E-state index in [9.17, 15) is 14.9 Å². The molecule has 1 atom stereocenters. The average molecular weight is 307 g/mol. The Morgan fingerprint density at radius 2 is 2.00 bits per heavy atom. The van der Waals surface area contributed by atoms with Crippen molar-refractivity contribution in [3.63, 3.8) is 0 Å². The molecule has 0 amide bonds. The van der Waals surface area contributed by atoms with E-state index in [-0.39, 0.29) is 11.5 Å². The van der Waals surface area contributed by atoms with E-state index in [0.717, 1.165) is 11.4 Å². The quantitative estimate of drug-likeness (QED) is 0.373. The minimum absolute atomic E-state index is 0.0126. The van der Waals surface area contributed by atoms with Gasteiger partial charge in [0.1, 0.15) is 0 Å². The topological polar surface area (TPSA) is 65.1 Å². The lowest BCUT2D eigenvalue weighted by atomic mass is 10.1. The summed E-state index contributed by atoms with van der Waals surface area (Å²) in [5.41, 5.74) is 2.76. The number of carbonyl (C=O) groups excluding carboxylic acids is 1. The molecule has 2 rings (SSSR count). The first-order valence-corrected chi connectivity index (χ1v) is 6.88. The van der Waals surface area contributed by atoms with Crippen molar-refractivity contribution in [1.29, 1.82) is 0 Å². The van der Waals surface area contributed by atoms with Gasteiger partial charge in [-0.05, 0) is 32.9 Å². The van der Waals surface area contributed by atoms with Gasteiger partial charge in [-0.25, -0.2) is 0 Å². The second-order valence-corrected chi connectivity index (χ2v) is 5.53. The monoisotopic (exact) mass is 306 g/mol. The first kappa shape index (κ1) is 15.3. The highest BCUT2D eigenvalue weighted by molar-refractivity contribution is 6.33. The first-order valence-electron chi connectivity index (χ1n) is 6.45. The fourth-order valence-electron chi connectivity index (χ4n) is 2.37. The molecule has 0 aliphatic heterocycles. The Hall–Kier alpha value is -2.14. The summed E-state index contributed by atoms with van der Waals surface area (Å²) < 4.78 is 1.82. The van der Waals surface area contributed by atoms with E-state index in [1.807, 2.05) is 11.5 Å². The third kappa shape index (κ3) is 2.83. The van der Waals surface area contributed by atoms with Crippen molar-refractivity contribution in [3.8, 4) is 5.69 Å². The molecule has 6 heteroatoms. The van der Waals surface area contributed by atoms with Crippen molar-refractivity contribution in [1.82, 2.24) is 4.57 Å². The van der Waals surface area contributed by atoms with E-state index >= 15 is 0 Å². The van der Waals surface area contributed by atoms with Crippen LogP contribution in [0.25, 0.3) is 5.69 Å². The second-order valence-electron chi connectivity index (χ2n) is 4.88. The van der Waals surface area contributed by atoms with E-state index in [1.54, 1.807) is 32.0 Å². The van der Waals surface area contributed by atoms with Crippen LogP contribution < -0.4 is 0 Å². The zero-order valence-electron chi connectivity index (χ0n) is 12.0. The number of aryl methyl sites for hydroxylation is 1. The fourth-order valence-corrected chi connectivity index (χ4v) is 2.49. The molecule has 1 unspecified atom stereocenters. The Morgan fingerprint density at radius 1 is 1.33 bits per heavy atom. The molecular weight excluding hydrogens is 292 g/mol. The molecule has 21 heavy (non-hydrogen) atoms. The van der Waals surface area contributed by atoms with Crippen molar-refractivity contribution in [2.24, 2.45) is 0 Å². The van der Waals surface area contributed by atoms with E-state index in [1.165, 1.54) is 12.1 Å². The number of hydrogen-bond donors (Lipinski definition) is 0. The maximum Gasteiger partial charge on any atom is 0.271 e. The van der Waals surface area contributed by atoms with Crippen LogP contribution >= 0.6 is 11.6 Å². The van der Waals surface area contributed by atoms with Gasteiger partial charge in [0.25, 0.3) is 5.69 Å². The molecule has 110 valence electrons. The van der Waals surface area contributed by atoms with Crippen molar-refractivity contribution >= 4 is 23.1 Å². The van der Waals surface area contributed by atoms with Crippen LogP contribution in [-0.2, 0) is 0 Å². The number of hydrogen-bond acceptors (Lipinski definition) is 3. The number of ketones is 1. The van der Waals surface area contributed by atoms with Crippen LogP contribution in [0.2, 0.25) is 0 Å². The van der Waals surface area contributed by atoms with Gasteiger partial charge >= 0.3 is 0 Å². The Bertz CT molecular complexity index is 720. The summed E-state index contributed by atoms with van der Waals surface area (Å²) in [7, 11) is 0. The van der Waals surface area contributed by atoms with Crippen molar-refractivity contribution in [3.05, 3.63) is 57.4 Å². The van der Waals surface area contributed by atoms with Gasteiger partial charge in [-0.3, -0.25) is 14.9 Å². The number of non-ortho nitro benzene ring substituents is 1. The summed E-state index contributed by atoms with van der Waals surface area (Å²) in [5.74, 6) is -0.151. The van der Waals surface area contributed by atoms with Crippen LogP contribution in [0.1, 0.15) is 28.7 Å². The van der Waals surface area contributed by atoms with Crippen LogP contribution in [0, 0.1) is 24.0 Å². The Balaban J connectivity index is 2.58. The molecule has 0 N–H and O–H groups in total. The molecule has 0 radical (unpaired) electrons. The molecule has 0 bridgehead atoms. The van der Waals surface area contributed by atoms with Gasteiger partial charge in [-0.2, -0.15) is 0 Å². The second kappa shape index (κ2) is 5.69. The zero-order chi connectivity index (χ0) is 15.7.